The summed E-state index contributed by atoms with van der Waals surface area (Å²) >= 11 is 0. The largest absolute Gasteiger partial charge is 0.326 e. The van der Waals surface area contributed by atoms with Crippen molar-refractivity contribution in [3.63, 3.8) is 0 Å². The van der Waals surface area contributed by atoms with Gasteiger partial charge < -0.3 is 10.6 Å². The molecule has 0 saturated carbocycles. The number of carbonyl (C=O) groups is 2. The van der Waals surface area contributed by atoms with Crippen molar-refractivity contribution in [3.05, 3.63) is 34.9 Å². The Morgan fingerprint density at radius 1 is 1.39 bits per heavy atom. The van der Waals surface area contributed by atoms with E-state index >= 15 is 0 Å². The quantitative estimate of drug-likeness (QED) is 0.661. The van der Waals surface area contributed by atoms with Gasteiger partial charge in [0.05, 0.1) is 5.57 Å². The fourth-order valence-electron chi connectivity index (χ4n) is 2.85. The van der Waals surface area contributed by atoms with Crippen molar-refractivity contribution in [2.75, 3.05) is 17.7 Å². The summed E-state index contributed by atoms with van der Waals surface area (Å²) in [6.07, 6.45) is 3.66. The van der Waals surface area contributed by atoms with Crippen LogP contribution in [0.3, 0.4) is 0 Å². The lowest BCUT2D eigenvalue weighted by molar-refractivity contribution is -0.116. The number of rotatable bonds is 4. The summed E-state index contributed by atoms with van der Waals surface area (Å²) in [4.78, 5) is 28.2. The Hall–Kier alpha value is -2.43. The molecule has 0 fully saturated rings. The number of hydrogen-bond acceptors (Lipinski definition) is 3. The van der Waals surface area contributed by atoms with Crippen LogP contribution in [0.4, 0.5) is 11.4 Å². The Morgan fingerprint density at radius 3 is 2.74 bits per heavy atom. The van der Waals surface area contributed by atoms with Gasteiger partial charge in [-0.15, -0.1) is 0 Å². The third-order valence-electron chi connectivity index (χ3n) is 4.01. The molecule has 0 radical (unpaired) electrons. The molecule has 0 saturated heterocycles. The molecule has 0 atom stereocenters. The van der Waals surface area contributed by atoms with E-state index in [1.165, 1.54) is 0 Å². The van der Waals surface area contributed by atoms with E-state index in [1.807, 2.05) is 32.9 Å². The molecule has 1 aliphatic rings. The lowest BCUT2D eigenvalue weighted by atomic mass is 9.98. The van der Waals surface area contributed by atoms with Crippen LogP contribution in [0, 0.1) is 6.92 Å². The molecular formula is C18H23N3O2. The average molecular weight is 313 g/mol. The average Bonchev–Trinajstić information content (AvgIpc) is 2.53. The van der Waals surface area contributed by atoms with E-state index in [0.29, 0.717) is 24.8 Å². The Balaban J connectivity index is 2.25. The lowest BCUT2D eigenvalue weighted by Crippen LogP contribution is -2.22. The van der Waals surface area contributed by atoms with Crippen LogP contribution in [0.2, 0.25) is 0 Å². The first-order valence-electron chi connectivity index (χ1n) is 7.87. The van der Waals surface area contributed by atoms with Crippen molar-refractivity contribution in [2.24, 2.45) is 4.99 Å². The molecule has 0 bridgehead atoms. The molecule has 2 amide bonds. The summed E-state index contributed by atoms with van der Waals surface area (Å²) in [7, 11) is 1.70. The lowest BCUT2D eigenvalue weighted by Gasteiger charge is -2.20. The molecule has 5 heteroatoms. The number of aryl methyl sites for hydroxylation is 2. The third-order valence-corrected chi connectivity index (χ3v) is 4.01. The standard InChI is InChI=1S/C18H23N3O2/c1-5-14(15(6-2)19-4)18(23)20-13-9-11(3)17-12(10-13)7-8-16(22)21-17/h5,9-10H,6-8H2,1-4H3,(H,20,23)(H,21,22)/b14-5+,19-15?. The van der Waals surface area contributed by atoms with Crippen LogP contribution >= 0.6 is 0 Å². The number of fused-ring (bicyclic) bond motifs is 1. The van der Waals surface area contributed by atoms with Gasteiger partial charge in [-0.3, -0.25) is 14.6 Å². The highest BCUT2D eigenvalue weighted by atomic mass is 16.2. The van der Waals surface area contributed by atoms with Crippen LogP contribution in [0.1, 0.15) is 37.8 Å². The highest BCUT2D eigenvalue weighted by Crippen LogP contribution is 2.30. The van der Waals surface area contributed by atoms with Crippen molar-refractivity contribution in [1.82, 2.24) is 0 Å². The van der Waals surface area contributed by atoms with Crippen LogP contribution in [0.15, 0.2) is 28.8 Å². The van der Waals surface area contributed by atoms with E-state index in [2.05, 4.69) is 15.6 Å². The van der Waals surface area contributed by atoms with Crippen LogP contribution in [-0.4, -0.2) is 24.6 Å². The first-order valence-corrected chi connectivity index (χ1v) is 7.87. The van der Waals surface area contributed by atoms with Gasteiger partial charge in [0.25, 0.3) is 5.91 Å². The minimum Gasteiger partial charge on any atom is -0.326 e. The summed E-state index contributed by atoms with van der Waals surface area (Å²) in [6, 6.07) is 3.81. The highest BCUT2D eigenvalue weighted by molar-refractivity contribution is 6.25. The van der Waals surface area contributed by atoms with Crippen LogP contribution in [-0.2, 0) is 16.0 Å². The Labute approximate surface area is 136 Å². The predicted octanol–water partition coefficient (Wildman–Crippen LogP) is 3.25. The maximum absolute atomic E-state index is 12.5. The number of nitrogens with one attached hydrogen (secondary N) is 2. The normalized spacial score (nSPS) is 15.0. The van der Waals surface area contributed by atoms with Gasteiger partial charge in [0.15, 0.2) is 0 Å². The van der Waals surface area contributed by atoms with E-state index in [9.17, 15) is 9.59 Å². The molecule has 2 rings (SSSR count). The number of carbonyl (C=O) groups excluding carboxylic acids is 2. The summed E-state index contributed by atoms with van der Waals surface area (Å²) in [5.74, 6) is -0.116. The van der Waals surface area contributed by atoms with Crippen LogP contribution in [0.5, 0.6) is 0 Å². The Bertz CT molecular complexity index is 702. The first-order chi connectivity index (χ1) is 11.0. The first kappa shape index (κ1) is 16.9. The number of hydrogen-bond donors (Lipinski definition) is 2. The van der Waals surface area contributed by atoms with E-state index in [4.69, 9.17) is 0 Å². The van der Waals surface area contributed by atoms with Gasteiger partial charge in [-0.05, 0) is 49.9 Å². The Kier molecular flexibility index (Phi) is 5.32. The number of anilines is 2. The topological polar surface area (TPSA) is 70.6 Å². The number of nitrogens with zero attached hydrogens (tertiary/aromatic N) is 1. The molecule has 1 aliphatic heterocycles. The van der Waals surface area contributed by atoms with Crippen molar-refractivity contribution < 1.29 is 9.59 Å². The van der Waals surface area contributed by atoms with Crippen molar-refractivity contribution in [3.8, 4) is 0 Å². The molecular weight excluding hydrogens is 290 g/mol. The zero-order valence-electron chi connectivity index (χ0n) is 14.1. The highest BCUT2D eigenvalue weighted by Gasteiger charge is 2.19. The fourth-order valence-corrected chi connectivity index (χ4v) is 2.85. The van der Waals surface area contributed by atoms with Gasteiger partial charge in [-0.1, -0.05) is 13.0 Å². The molecule has 0 unspecified atom stereocenters. The maximum atomic E-state index is 12.5. The number of amides is 2. The molecule has 0 aromatic heterocycles. The van der Waals surface area contributed by atoms with Gasteiger partial charge in [0.1, 0.15) is 0 Å². The zero-order chi connectivity index (χ0) is 17.0. The molecule has 23 heavy (non-hydrogen) atoms. The van der Waals surface area contributed by atoms with E-state index in [1.54, 1.807) is 13.1 Å². The van der Waals surface area contributed by atoms with Crippen molar-refractivity contribution in [2.45, 2.75) is 40.0 Å². The number of allylic oxidation sites excluding steroid dienone is 1. The minimum atomic E-state index is -0.158. The monoisotopic (exact) mass is 313 g/mol. The van der Waals surface area contributed by atoms with Gasteiger partial charge in [0, 0.05) is 30.6 Å². The second kappa shape index (κ2) is 7.22. The smallest absolute Gasteiger partial charge is 0.257 e. The number of aliphatic imine (C=N–C) groups is 1. The van der Waals surface area contributed by atoms with Crippen molar-refractivity contribution in [1.29, 1.82) is 0 Å². The molecule has 122 valence electrons. The van der Waals surface area contributed by atoms with E-state index in [-0.39, 0.29) is 11.8 Å². The van der Waals surface area contributed by atoms with E-state index in [0.717, 1.165) is 28.2 Å². The summed E-state index contributed by atoms with van der Waals surface area (Å²) in [6.45, 7) is 5.75. The molecule has 1 aromatic rings. The second-order valence-corrected chi connectivity index (χ2v) is 5.56. The summed E-state index contributed by atoms with van der Waals surface area (Å²) in [5, 5.41) is 5.84. The van der Waals surface area contributed by atoms with Gasteiger partial charge in [-0.25, -0.2) is 0 Å². The molecule has 0 aliphatic carbocycles. The second-order valence-electron chi connectivity index (χ2n) is 5.56. The minimum absolute atomic E-state index is 0.0420. The van der Waals surface area contributed by atoms with Gasteiger partial charge in [-0.2, -0.15) is 0 Å². The zero-order valence-corrected chi connectivity index (χ0v) is 14.1. The van der Waals surface area contributed by atoms with Crippen molar-refractivity contribution >= 4 is 28.9 Å². The molecule has 2 N–H and O–H groups in total. The maximum Gasteiger partial charge on any atom is 0.257 e. The summed E-state index contributed by atoms with van der Waals surface area (Å²) in [5.41, 5.74) is 5.00. The number of benzene rings is 1. The summed E-state index contributed by atoms with van der Waals surface area (Å²) < 4.78 is 0. The molecule has 0 spiro atoms. The predicted molar refractivity (Wildman–Crippen MR) is 94.2 cm³/mol. The molecule has 5 nitrogen and oxygen atoms in total. The third kappa shape index (κ3) is 3.67. The SMILES string of the molecule is C/C=C(/C(=O)Nc1cc(C)c2c(c1)CCC(=O)N2)C(CC)=NC. The van der Waals surface area contributed by atoms with Crippen LogP contribution in [0.25, 0.3) is 0 Å². The van der Waals surface area contributed by atoms with Crippen LogP contribution < -0.4 is 10.6 Å². The molecule has 1 heterocycles. The van der Waals surface area contributed by atoms with Gasteiger partial charge in [0.2, 0.25) is 5.91 Å². The van der Waals surface area contributed by atoms with Gasteiger partial charge >= 0.3 is 0 Å². The fraction of sp³-hybridized carbons (Fsp3) is 0.389. The Morgan fingerprint density at radius 2 is 2.13 bits per heavy atom. The molecule has 1 aromatic carbocycles. The van der Waals surface area contributed by atoms with E-state index < -0.39 is 0 Å².